The first-order chi connectivity index (χ1) is 14.1. The quantitative estimate of drug-likeness (QED) is 0.523. The molecule has 2 atom stereocenters. The maximum absolute atomic E-state index is 12.5. The molecule has 2 aliphatic rings. The number of hydrogen-bond donors (Lipinski definition) is 1. The Balaban J connectivity index is 1.57. The summed E-state index contributed by atoms with van der Waals surface area (Å²) in [6, 6.07) is 5.74. The molecule has 3 rings (SSSR count). The predicted molar refractivity (Wildman–Crippen MR) is 112 cm³/mol. The predicted octanol–water partition coefficient (Wildman–Crippen LogP) is 2.00. The third-order valence-corrected chi connectivity index (χ3v) is 7.75. The van der Waals surface area contributed by atoms with Crippen molar-refractivity contribution in [3.63, 3.8) is 0 Å². The number of nitrogens with one attached hydrogen (secondary N) is 1. The molecule has 1 heterocycles. The van der Waals surface area contributed by atoms with Crippen LogP contribution in [-0.4, -0.2) is 55.0 Å². The maximum atomic E-state index is 12.5. The second-order valence-corrected chi connectivity index (χ2v) is 9.92. The van der Waals surface area contributed by atoms with Crippen molar-refractivity contribution in [2.24, 2.45) is 11.8 Å². The summed E-state index contributed by atoms with van der Waals surface area (Å²) in [7, 11) is -2.08. The molecule has 1 fully saturated rings. The largest absolute Gasteiger partial charge is 0.326 e. The van der Waals surface area contributed by atoms with Crippen LogP contribution in [0, 0.1) is 11.8 Å². The highest BCUT2D eigenvalue weighted by Gasteiger charge is 2.46. The lowest BCUT2D eigenvalue weighted by Crippen LogP contribution is -2.34. The van der Waals surface area contributed by atoms with E-state index in [0.717, 1.165) is 0 Å². The van der Waals surface area contributed by atoms with Crippen LogP contribution < -0.4 is 5.32 Å². The number of rotatable bonds is 7. The monoisotopic (exact) mass is 433 g/mol. The van der Waals surface area contributed by atoms with Gasteiger partial charge in [-0.1, -0.05) is 12.2 Å². The highest BCUT2D eigenvalue weighted by molar-refractivity contribution is 7.89. The molecule has 0 spiro atoms. The lowest BCUT2D eigenvalue weighted by Gasteiger charge is -2.21. The highest BCUT2D eigenvalue weighted by Crippen LogP contribution is 2.35. The van der Waals surface area contributed by atoms with Crippen LogP contribution in [0.3, 0.4) is 0 Å². The summed E-state index contributed by atoms with van der Waals surface area (Å²) in [4.78, 5) is 38.5. The standard InChI is InChI=1S/C21H27N3O5S/c1-14(2)23(3)30(28,29)16-10-8-15(9-11-16)22-19(25)12-13-24-20(26)17-6-4-5-7-18(17)21(24)27/h4-5,8-11,14,17-18H,6-7,12-13H2,1-3H3,(H,22,25)/t17-,18-/m1/s1. The summed E-state index contributed by atoms with van der Waals surface area (Å²) >= 11 is 0. The van der Waals surface area contributed by atoms with Crippen molar-refractivity contribution < 1.29 is 22.8 Å². The molecule has 0 bridgehead atoms. The van der Waals surface area contributed by atoms with Crippen molar-refractivity contribution in [3.05, 3.63) is 36.4 Å². The van der Waals surface area contributed by atoms with Crippen LogP contribution in [0.25, 0.3) is 0 Å². The van der Waals surface area contributed by atoms with Crippen LogP contribution in [0.2, 0.25) is 0 Å². The Bertz CT molecular complexity index is 943. The summed E-state index contributed by atoms with van der Waals surface area (Å²) in [5.74, 6) is -1.36. The molecule has 9 heteroatoms. The number of amides is 3. The molecule has 1 aliphatic carbocycles. The number of carbonyl (C=O) groups excluding carboxylic acids is 3. The number of sulfonamides is 1. The fraction of sp³-hybridized carbons (Fsp3) is 0.476. The second-order valence-electron chi connectivity index (χ2n) is 7.92. The Morgan fingerprint density at radius 3 is 2.13 bits per heavy atom. The average Bonchev–Trinajstić information content (AvgIpc) is 2.96. The third kappa shape index (κ3) is 4.32. The first-order valence-corrected chi connectivity index (χ1v) is 11.4. The van der Waals surface area contributed by atoms with Gasteiger partial charge in [0, 0.05) is 31.7 Å². The molecule has 1 aromatic carbocycles. The minimum absolute atomic E-state index is 0.0134. The summed E-state index contributed by atoms with van der Waals surface area (Å²) < 4.78 is 26.3. The normalized spacial score (nSPS) is 21.4. The third-order valence-electron chi connectivity index (χ3n) is 5.70. The van der Waals surface area contributed by atoms with Gasteiger partial charge in [0.15, 0.2) is 0 Å². The topological polar surface area (TPSA) is 104 Å². The van der Waals surface area contributed by atoms with E-state index < -0.39 is 10.0 Å². The smallest absolute Gasteiger partial charge is 0.243 e. The van der Waals surface area contributed by atoms with E-state index in [9.17, 15) is 22.8 Å². The molecule has 162 valence electrons. The first kappa shape index (κ1) is 22.2. The minimum atomic E-state index is -3.59. The zero-order valence-corrected chi connectivity index (χ0v) is 18.2. The molecule has 30 heavy (non-hydrogen) atoms. The molecule has 1 saturated heterocycles. The van der Waals surface area contributed by atoms with Crippen molar-refractivity contribution in [2.75, 3.05) is 18.9 Å². The number of nitrogens with zero attached hydrogens (tertiary/aromatic N) is 2. The van der Waals surface area contributed by atoms with Gasteiger partial charge in [0.2, 0.25) is 27.7 Å². The Morgan fingerprint density at radius 2 is 1.63 bits per heavy atom. The Kier molecular flexibility index (Phi) is 6.42. The fourth-order valence-corrected chi connectivity index (χ4v) is 5.05. The van der Waals surface area contributed by atoms with Crippen LogP contribution in [-0.2, 0) is 24.4 Å². The Morgan fingerprint density at radius 1 is 1.10 bits per heavy atom. The fourth-order valence-electron chi connectivity index (χ4n) is 3.68. The number of imide groups is 1. The summed E-state index contributed by atoms with van der Waals surface area (Å²) in [6.45, 7) is 3.61. The lowest BCUT2D eigenvalue weighted by molar-refractivity contribution is -0.140. The van der Waals surface area contributed by atoms with Crippen molar-refractivity contribution in [3.8, 4) is 0 Å². The van der Waals surface area contributed by atoms with Crippen LogP contribution in [0.5, 0.6) is 0 Å². The van der Waals surface area contributed by atoms with Gasteiger partial charge in [-0.2, -0.15) is 4.31 Å². The van der Waals surface area contributed by atoms with Gasteiger partial charge in [-0.15, -0.1) is 0 Å². The van der Waals surface area contributed by atoms with Crippen LogP contribution in [0.15, 0.2) is 41.3 Å². The maximum Gasteiger partial charge on any atom is 0.243 e. The van der Waals surface area contributed by atoms with Gasteiger partial charge in [0.05, 0.1) is 16.7 Å². The highest BCUT2D eigenvalue weighted by atomic mass is 32.2. The van der Waals surface area contributed by atoms with Gasteiger partial charge in [-0.3, -0.25) is 19.3 Å². The number of benzene rings is 1. The molecule has 0 aromatic heterocycles. The van der Waals surface area contributed by atoms with Crippen molar-refractivity contribution >= 4 is 33.4 Å². The van der Waals surface area contributed by atoms with E-state index in [1.54, 1.807) is 13.8 Å². The molecule has 1 N–H and O–H groups in total. The summed E-state index contributed by atoms with van der Waals surface area (Å²) in [5.41, 5.74) is 0.447. The zero-order chi connectivity index (χ0) is 22.1. The molecule has 1 aromatic rings. The van der Waals surface area contributed by atoms with Crippen LogP contribution in [0.1, 0.15) is 33.1 Å². The second kappa shape index (κ2) is 8.69. The molecular formula is C21H27N3O5S. The van der Waals surface area contributed by atoms with Crippen molar-refractivity contribution in [1.82, 2.24) is 9.21 Å². The van der Waals surface area contributed by atoms with Gasteiger partial charge in [0.25, 0.3) is 0 Å². The SMILES string of the molecule is CC(C)N(C)S(=O)(=O)c1ccc(NC(=O)CCN2C(=O)[C@@H]3CC=CC[C@H]3C2=O)cc1. The van der Waals surface area contributed by atoms with E-state index in [-0.39, 0.29) is 53.5 Å². The van der Waals surface area contributed by atoms with Gasteiger partial charge in [0.1, 0.15) is 0 Å². The van der Waals surface area contributed by atoms with Crippen molar-refractivity contribution in [1.29, 1.82) is 0 Å². The van der Waals surface area contributed by atoms with Crippen LogP contribution in [0.4, 0.5) is 5.69 Å². The molecule has 3 amide bonds. The number of fused-ring (bicyclic) bond motifs is 1. The van der Waals surface area contributed by atoms with E-state index in [2.05, 4.69) is 5.32 Å². The Hall–Kier alpha value is -2.52. The first-order valence-electron chi connectivity index (χ1n) is 10.0. The number of anilines is 1. The van der Waals surface area contributed by atoms with Crippen LogP contribution >= 0.6 is 0 Å². The average molecular weight is 434 g/mol. The van der Waals surface area contributed by atoms with E-state index in [1.807, 2.05) is 12.2 Å². The lowest BCUT2D eigenvalue weighted by atomic mass is 9.85. The molecule has 0 unspecified atom stereocenters. The Labute approximate surface area is 177 Å². The summed E-state index contributed by atoms with van der Waals surface area (Å²) in [5, 5.41) is 2.68. The molecule has 1 aliphatic heterocycles. The minimum Gasteiger partial charge on any atom is -0.326 e. The molecule has 8 nitrogen and oxygen atoms in total. The van der Waals surface area contributed by atoms with Gasteiger partial charge in [-0.25, -0.2) is 8.42 Å². The zero-order valence-electron chi connectivity index (χ0n) is 17.4. The van der Waals surface area contributed by atoms with E-state index in [1.165, 1.54) is 40.5 Å². The number of likely N-dealkylation sites (tertiary alicyclic amines) is 1. The number of hydrogen-bond acceptors (Lipinski definition) is 5. The molecule has 0 saturated carbocycles. The van der Waals surface area contributed by atoms with Gasteiger partial charge < -0.3 is 5.32 Å². The van der Waals surface area contributed by atoms with Crippen molar-refractivity contribution in [2.45, 2.75) is 44.0 Å². The van der Waals surface area contributed by atoms with E-state index in [0.29, 0.717) is 18.5 Å². The summed E-state index contributed by atoms with van der Waals surface area (Å²) in [6.07, 6.45) is 4.97. The van der Waals surface area contributed by atoms with Gasteiger partial charge >= 0.3 is 0 Å². The molecular weight excluding hydrogens is 406 g/mol. The van der Waals surface area contributed by atoms with E-state index >= 15 is 0 Å². The van der Waals surface area contributed by atoms with Gasteiger partial charge in [-0.05, 0) is 51.0 Å². The number of allylic oxidation sites excluding steroid dienone is 2. The molecule has 0 radical (unpaired) electrons. The van der Waals surface area contributed by atoms with E-state index in [4.69, 9.17) is 0 Å². The number of carbonyl (C=O) groups is 3.